The van der Waals surface area contributed by atoms with Crippen LogP contribution in [0.1, 0.15) is 11.1 Å². The number of rotatable bonds is 3. The smallest absolute Gasteiger partial charge is 0.271 e. The van der Waals surface area contributed by atoms with Gasteiger partial charge in [0.1, 0.15) is 0 Å². The second-order valence-electron chi connectivity index (χ2n) is 3.59. The number of benzene rings is 1. The van der Waals surface area contributed by atoms with E-state index in [-0.39, 0.29) is 5.03 Å². The Morgan fingerprint density at radius 3 is 2.88 bits per heavy atom. The summed E-state index contributed by atoms with van der Waals surface area (Å²) in [7, 11) is 0. The van der Waals surface area contributed by atoms with Crippen LogP contribution < -0.4 is 11.2 Å². The molecule has 0 amide bonds. The fraction of sp³-hybridized carbons (Fsp3) is 0.182. The Bertz CT molecular complexity index is 633. The lowest BCUT2D eigenvalue weighted by Gasteiger charge is -2.01. The quantitative estimate of drug-likeness (QED) is 0.797. The van der Waals surface area contributed by atoms with E-state index in [9.17, 15) is 9.59 Å². The molecule has 0 saturated heterocycles. The predicted octanol–water partition coefficient (Wildman–Crippen LogP) is 1.06. The van der Waals surface area contributed by atoms with E-state index in [2.05, 4.69) is 15.2 Å². The lowest BCUT2D eigenvalue weighted by molar-refractivity contribution is 0.807. The van der Waals surface area contributed by atoms with E-state index in [0.717, 1.165) is 5.56 Å². The van der Waals surface area contributed by atoms with Crippen molar-refractivity contribution in [1.29, 1.82) is 0 Å². The molecule has 0 radical (unpaired) electrons. The zero-order valence-electron chi connectivity index (χ0n) is 9.19. The monoisotopic (exact) mass is 249 g/mol. The lowest BCUT2D eigenvalue weighted by Crippen LogP contribution is -2.24. The van der Waals surface area contributed by atoms with Crippen LogP contribution in [-0.2, 0) is 5.75 Å². The molecule has 0 bridgehead atoms. The highest BCUT2D eigenvalue weighted by molar-refractivity contribution is 7.98. The van der Waals surface area contributed by atoms with Gasteiger partial charge in [0.25, 0.3) is 5.56 Å². The van der Waals surface area contributed by atoms with Crippen molar-refractivity contribution in [1.82, 2.24) is 15.2 Å². The summed E-state index contributed by atoms with van der Waals surface area (Å²) in [6, 6.07) is 8.02. The van der Waals surface area contributed by atoms with Crippen LogP contribution in [0, 0.1) is 6.92 Å². The first-order valence-electron chi connectivity index (χ1n) is 5.02. The highest BCUT2D eigenvalue weighted by atomic mass is 32.2. The van der Waals surface area contributed by atoms with Gasteiger partial charge in [-0.15, -0.1) is 0 Å². The van der Waals surface area contributed by atoms with Gasteiger partial charge in [-0.3, -0.25) is 9.78 Å². The molecule has 1 aromatic heterocycles. The molecule has 0 saturated carbocycles. The van der Waals surface area contributed by atoms with E-state index in [0.29, 0.717) is 5.75 Å². The Labute approximate surface area is 101 Å². The summed E-state index contributed by atoms with van der Waals surface area (Å²) in [5.74, 6) is 0.643. The number of aromatic amines is 2. The average Bonchev–Trinajstić information content (AvgIpc) is 2.28. The number of nitrogens with one attached hydrogen (secondary N) is 2. The number of aryl methyl sites for hydroxylation is 1. The Balaban J connectivity index is 2.12. The summed E-state index contributed by atoms with van der Waals surface area (Å²) in [5, 5.41) is 6.17. The van der Waals surface area contributed by atoms with Crippen LogP contribution in [0.15, 0.2) is 38.9 Å². The van der Waals surface area contributed by atoms with E-state index in [1.807, 2.05) is 31.2 Å². The molecule has 88 valence electrons. The first-order valence-corrected chi connectivity index (χ1v) is 6.01. The van der Waals surface area contributed by atoms with Gasteiger partial charge in [-0.25, -0.2) is 9.89 Å². The summed E-state index contributed by atoms with van der Waals surface area (Å²) in [4.78, 5) is 24.3. The molecule has 2 N–H and O–H groups in total. The molecule has 0 fully saturated rings. The van der Waals surface area contributed by atoms with Gasteiger partial charge in [0.05, 0.1) is 0 Å². The first kappa shape index (κ1) is 11.7. The number of H-pyrrole nitrogens is 2. The Kier molecular flexibility index (Phi) is 3.43. The van der Waals surface area contributed by atoms with Crippen LogP contribution in [0.2, 0.25) is 0 Å². The number of thioether (sulfide) groups is 1. The Morgan fingerprint density at radius 1 is 1.35 bits per heavy atom. The van der Waals surface area contributed by atoms with Gasteiger partial charge < -0.3 is 0 Å². The van der Waals surface area contributed by atoms with E-state index in [1.165, 1.54) is 17.3 Å². The van der Waals surface area contributed by atoms with Crippen molar-refractivity contribution in [2.75, 3.05) is 0 Å². The SMILES string of the molecule is Cc1cccc(CSc2n[nH]c(=O)[nH]c2=O)c1. The normalized spacial score (nSPS) is 10.4. The summed E-state index contributed by atoms with van der Waals surface area (Å²) in [6.07, 6.45) is 0. The van der Waals surface area contributed by atoms with Crippen LogP contribution in [-0.4, -0.2) is 15.2 Å². The standard InChI is InChI=1S/C11H11N3O2S/c1-7-3-2-4-8(5-7)6-17-10-9(15)12-11(16)14-13-10/h2-5H,6H2,1H3,(H2,12,14,15,16). The lowest BCUT2D eigenvalue weighted by atomic mass is 10.2. The number of aromatic nitrogens is 3. The summed E-state index contributed by atoms with van der Waals surface area (Å²) >= 11 is 1.29. The van der Waals surface area contributed by atoms with Crippen molar-refractivity contribution in [3.8, 4) is 0 Å². The van der Waals surface area contributed by atoms with Crippen molar-refractivity contribution in [2.24, 2.45) is 0 Å². The van der Waals surface area contributed by atoms with Gasteiger partial charge in [0.15, 0.2) is 5.03 Å². The summed E-state index contributed by atoms with van der Waals surface area (Å²) < 4.78 is 0. The fourth-order valence-electron chi connectivity index (χ4n) is 1.39. The van der Waals surface area contributed by atoms with Crippen molar-refractivity contribution in [3.05, 3.63) is 56.2 Å². The van der Waals surface area contributed by atoms with Crippen molar-refractivity contribution in [2.45, 2.75) is 17.7 Å². The molecule has 0 aliphatic heterocycles. The van der Waals surface area contributed by atoms with Gasteiger partial charge in [-0.05, 0) is 12.5 Å². The van der Waals surface area contributed by atoms with E-state index in [4.69, 9.17) is 0 Å². The third kappa shape index (κ3) is 3.07. The molecule has 17 heavy (non-hydrogen) atoms. The van der Waals surface area contributed by atoms with Gasteiger partial charge in [0.2, 0.25) is 0 Å². The van der Waals surface area contributed by atoms with Crippen LogP contribution >= 0.6 is 11.8 Å². The van der Waals surface area contributed by atoms with Gasteiger partial charge in [0, 0.05) is 5.75 Å². The second kappa shape index (κ2) is 5.01. The predicted molar refractivity (Wildman–Crippen MR) is 66.2 cm³/mol. The molecule has 0 spiro atoms. The molecule has 5 nitrogen and oxygen atoms in total. The number of hydrogen-bond donors (Lipinski definition) is 2. The largest absolute Gasteiger partial charge is 0.342 e. The summed E-state index contributed by atoms with van der Waals surface area (Å²) in [5.41, 5.74) is 1.25. The molecule has 1 aromatic carbocycles. The molecule has 2 rings (SSSR count). The van der Waals surface area contributed by atoms with Crippen LogP contribution in [0.4, 0.5) is 0 Å². The second-order valence-corrected chi connectivity index (χ2v) is 4.55. The van der Waals surface area contributed by atoms with E-state index in [1.54, 1.807) is 0 Å². The van der Waals surface area contributed by atoms with E-state index >= 15 is 0 Å². The molecule has 0 aliphatic carbocycles. The van der Waals surface area contributed by atoms with Crippen molar-refractivity contribution >= 4 is 11.8 Å². The van der Waals surface area contributed by atoms with Crippen LogP contribution in [0.25, 0.3) is 0 Å². The molecular formula is C11H11N3O2S. The maximum absolute atomic E-state index is 11.4. The minimum atomic E-state index is -0.588. The first-order chi connectivity index (χ1) is 8.15. The Morgan fingerprint density at radius 2 is 2.18 bits per heavy atom. The number of hydrogen-bond acceptors (Lipinski definition) is 4. The van der Waals surface area contributed by atoms with E-state index < -0.39 is 11.2 Å². The molecule has 0 unspecified atom stereocenters. The summed E-state index contributed by atoms with van der Waals surface area (Å²) in [6.45, 7) is 2.01. The zero-order chi connectivity index (χ0) is 12.3. The highest BCUT2D eigenvalue weighted by Crippen LogP contribution is 2.17. The van der Waals surface area contributed by atoms with Crippen molar-refractivity contribution < 1.29 is 0 Å². The maximum Gasteiger partial charge on any atom is 0.342 e. The number of nitrogens with zero attached hydrogens (tertiary/aromatic N) is 1. The van der Waals surface area contributed by atoms with Crippen LogP contribution in [0.5, 0.6) is 0 Å². The zero-order valence-corrected chi connectivity index (χ0v) is 10.0. The van der Waals surface area contributed by atoms with Gasteiger partial charge >= 0.3 is 5.69 Å². The average molecular weight is 249 g/mol. The molecule has 2 aromatic rings. The van der Waals surface area contributed by atoms with Crippen LogP contribution in [0.3, 0.4) is 0 Å². The Hall–Kier alpha value is -1.82. The maximum atomic E-state index is 11.4. The van der Waals surface area contributed by atoms with Crippen molar-refractivity contribution in [3.63, 3.8) is 0 Å². The minimum Gasteiger partial charge on any atom is -0.271 e. The molecule has 6 heteroatoms. The van der Waals surface area contributed by atoms with Gasteiger partial charge in [-0.2, -0.15) is 5.10 Å². The molecule has 0 aliphatic rings. The highest BCUT2D eigenvalue weighted by Gasteiger charge is 2.03. The third-order valence-electron chi connectivity index (χ3n) is 2.14. The fourth-order valence-corrected chi connectivity index (χ4v) is 2.16. The van der Waals surface area contributed by atoms with Gasteiger partial charge in [-0.1, -0.05) is 41.6 Å². The molecular weight excluding hydrogens is 238 g/mol. The minimum absolute atomic E-state index is 0.270. The molecule has 0 atom stereocenters. The topological polar surface area (TPSA) is 78.6 Å². The third-order valence-corrected chi connectivity index (χ3v) is 3.17. The molecule has 1 heterocycles.